The summed E-state index contributed by atoms with van der Waals surface area (Å²) in [5, 5.41) is 0. The van der Waals surface area contributed by atoms with Crippen molar-refractivity contribution < 1.29 is 4.74 Å². The lowest BCUT2D eigenvalue weighted by Crippen LogP contribution is -2.45. The number of ether oxygens (including phenoxy) is 1. The number of nitrogens with two attached hydrogens (primary N) is 1. The van der Waals surface area contributed by atoms with Gasteiger partial charge in [0.15, 0.2) is 0 Å². The molecule has 0 spiro atoms. The second-order valence-corrected chi connectivity index (χ2v) is 5.07. The van der Waals surface area contributed by atoms with Crippen molar-refractivity contribution in [2.24, 2.45) is 0 Å². The van der Waals surface area contributed by atoms with Gasteiger partial charge in [-0.15, -0.1) is 0 Å². The Morgan fingerprint density at radius 2 is 2.00 bits per heavy atom. The zero-order valence-corrected chi connectivity index (χ0v) is 10.2. The highest BCUT2D eigenvalue weighted by molar-refractivity contribution is 5.46. The Morgan fingerprint density at radius 3 is 2.82 bits per heavy atom. The fraction of sp³-hybridized carbons (Fsp3) is 0.571. The van der Waals surface area contributed by atoms with Crippen LogP contribution in [0, 0.1) is 0 Å². The molecule has 92 valence electrons. The lowest BCUT2D eigenvalue weighted by Gasteiger charge is -2.37. The van der Waals surface area contributed by atoms with Crippen LogP contribution in [0.2, 0.25) is 0 Å². The van der Waals surface area contributed by atoms with E-state index in [2.05, 4.69) is 17.0 Å². The number of nitrogens with zero attached hydrogens (tertiary/aromatic N) is 1. The first kappa shape index (κ1) is 11.1. The van der Waals surface area contributed by atoms with Crippen LogP contribution in [0.4, 0.5) is 5.69 Å². The van der Waals surface area contributed by atoms with E-state index in [0.717, 1.165) is 32.0 Å². The lowest BCUT2D eigenvalue weighted by molar-refractivity contribution is 0.0137. The van der Waals surface area contributed by atoms with Crippen molar-refractivity contribution >= 4 is 5.69 Å². The van der Waals surface area contributed by atoms with Gasteiger partial charge in [0.25, 0.3) is 0 Å². The zero-order chi connectivity index (χ0) is 11.7. The second-order valence-electron chi connectivity index (χ2n) is 5.07. The van der Waals surface area contributed by atoms with Crippen molar-refractivity contribution in [2.75, 3.05) is 32.0 Å². The topological polar surface area (TPSA) is 38.5 Å². The predicted octanol–water partition coefficient (Wildman–Crippen LogP) is 1.46. The van der Waals surface area contributed by atoms with E-state index in [1.807, 2.05) is 6.07 Å². The molecule has 1 atom stereocenters. The normalized spacial score (nSPS) is 25.5. The summed E-state index contributed by atoms with van der Waals surface area (Å²) in [6.07, 6.45) is 3.61. The smallest absolute Gasteiger partial charge is 0.0594 e. The molecule has 1 aromatic rings. The Morgan fingerprint density at radius 1 is 1.18 bits per heavy atom. The van der Waals surface area contributed by atoms with Gasteiger partial charge in [-0.05, 0) is 42.5 Å². The van der Waals surface area contributed by atoms with E-state index in [4.69, 9.17) is 10.5 Å². The molecule has 0 bridgehead atoms. The molecule has 1 fully saturated rings. The second kappa shape index (κ2) is 4.67. The van der Waals surface area contributed by atoms with Gasteiger partial charge in [0, 0.05) is 24.8 Å². The van der Waals surface area contributed by atoms with E-state index in [1.54, 1.807) is 0 Å². The monoisotopic (exact) mass is 232 g/mol. The van der Waals surface area contributed by atoms with Gasteiger partial charge in [0.1, 0.15) is 0 Å². The highest BCUT2D eigenvalue weighted by Crippen LogP contribution is 2.26. The van der Waals surface area contributed by atoms with Crippen LogP contribution in [0.25, 0.3) is 0 Å². The van der Waals surface area contributed by atoms with Crippen molar-refractivity contribution in [1.82, 2.24) is 4.90 Å². The molecule has 2 N–H and O–H groups in total. The van der Waals surface area contributed by atoms with Crippen LogP contribution in [-0.2, 0) is 17.6 Å². The fourth-order valence-corrected chi connectivity index (χ4v) is 3.01. The zero-order valence-electron chi connectivity index (χ0n) is 10.2. The number of nitrogen functional groups attached to an aromatic ring is 1. The van der Waals surface area contributed by atoms with Crippen LogP contribution in [0.1, 0.15) is 17.5 Å². The number of benzene rings is 1. The summed E-state index contributed by atoms with van der Waals surface area (Å²) in [5.74, 6) is 0. The number of morpholine rings is 1. The molecule has 1 aromatic carbocycles. The summed E-state index contributed by atoms with van der Waals surface area (Å²) in [6, 6.07) is 7.08. The SMILES string of the molecule is Nc1ccc2c(c1)CCC(N1CCOCC1)C2. The first-order valence-electron chi connectivity index (χ1n) is 6.52. The molecular formula is C14H20N2O. The maximum Gasteiger partial charge on any atom is 0.0594 e. The van der Waals surface area contributed by atoms with E-state index in [1.165, 1.54) is 30.4 Å². The largest absolute Gasteiger partial charge is 0.399 e. The van der Waals surface area contributed by atoms with Crippen molar-refractivity contribution in [3.8, 4) is 0 Å². The predicted molar refractivity (Wildman–Crippen MR) is 69.1 cm³/mol. The van der Waals surface area contributed by atoms with E-state index < -0.39 is 0 Å². The molecule has 1 unspecified atom stereocenters. The third-order valence-electron chi connectivity index (χ3n) is 3.99. The van der Waals surface area contributed by atoms with Gasteiger partial charge in [-0.3, -0.25) is 4.90 Å². The molecule has 17 heavy (non-hydrogen) atoms. The Labute approximate surface area is 103 Å². The number of rotatable bonds is 1. The molecule has 1 aliphatic carbocycles. The molecule has 0 amide bonds. The Hall–Kier alpha value is -1.06. The van der Waals surface area contributed by atoms with Gasteiger partial charge < -0.3 is 10.5 Å². The van der Waals surface area contributed by atoms with Crippen LogP contribution >= 0.6 is 0 Å². The molecule has 0 radical (unpaired) electrons. The van der Waals surface area contributed by atoms with E-state index in [9.17, 15) is 0 Å². The Bertz CT molecular complexity index is 399. The van der Waals surface area contributed by atoms with Gasteiger partial charge in [-0.25, -0.2) is 0 Å². The third kappa shape index (κ3) is 2.31. The molecule has 2 aliphatic rings. The molecule has 3 heteroatoms. The van der Waals surface area contributed by atoms with Gasteiger partial charge in [-0.1, -0.05) is 6.07 Å². The Kier molecular flexibility index (Phi) is 3.04. The third-order valence-corrected chi connectivity index (χ3v) is 3.99. The molecule has 3 nitrogen and oxygen atoms in total. The highest BCUT2D eigenvalue weighted by Gasteiger charge is 2.25. The highest BCUT2D eigenvalue weighted by atomic mass is 16.5. The van der Waals surface area contributed by atoms with Gasteiger partial charge in [0.05, 0.1) is 13.2 Å². The summed E-state index contributed by atoms with van der Waals surface area (Å²) < 4.78 is 5.42. The van der Waals surface area contributed by atoms with Crippen LogP contribution in [0.5, 0.6) is 0 Å². The number of aryl methyl sites for hydroxylation is 1. The van der Waals surface area contributed by atoms with Gasteiger partial charge in [-0.2, -0.15) is 0 Å². The summed E-state index contributed by atoms with van der Waals surface area (Å²) in [4.78, 5) is 2.59. The lowest BCUT2D eigenvalue weighted by atomic mass is 9.87. The van der Waals surface area contributed by atoms with Crippen LogP contribution in [-0.4, -0.2) is 37.2 Å². The van der Waals surface area contributed by atoms with Crippen molar-refractivity contribution in [1.29, 1.82) is 0 Å². The quantitative estimate of drug-likeness (QED) is 0.745. The van der Waals surface area contributed by atoms with Gasteiger partial charge >= 0.3 is 0 Å². The average Bonchev–Trinajstić information content (AvgIpc) is 2.39. The van der Waals surface area contributed by atoms with E-state index >= 15 is 0 Å². The molecule has 3 rings (SSSR count). The van der Waals surface area contributed by atoms with Crippen LogP contribution < -0.4 is 5.73 Å². The summed E-state index contributed by atoms with van der Waals surface area (Å²) in [7, 11) is 0. The summed E-state index contributed by atoms with van der Waals surface area (Å²) in [6.45, 7) is 3.97. The van der Waals surface area contributed by atoms with Crippen molar-refractivity contribution in [2.45, 2.75) is 25.3 Å². The number of anilines is 1. The molecule has 1 aliphatic heterocycles. The molecular weight excluding hydrogens is 212 g/mol. The number of fused-ring (bicyclic) bond motifs is 1. The Balaban J connectivity index is 1.73. The minimum atomic E-state index is 0.704. The number of hydrogen-bond donors (Lipinski definition) is 1. The fourth-order valence-electron chi connectivity index (χ4n) is 3.01. The van der Waals surface area contributed by atoms with Crippen LogP contribution in [0.15, 0.2) is 18.2 Å². The standard InChI is InChI=1S/C14H20N2O/c15-13-3-1-12-10-14(4-2-11(12)9-13)16-5-7-17-8-6-16/h1,3,9,14H,2,4-8,10,15H2. The minimum Gasteiger partial charge on any atom is -0.399 e. The van der Waals surface area contributed by atoms with E-state index in [-0.39, 0.29) is 0 Å². The van der Waals surface area contributed by atoms with E-state index in [0.29, 0.717) is 6.04 Å². The molecule has 1 saturated heterocycles. The first-order chi connectivity index (χ1) is 8.33. The summed E-state index contributed by atoms with van der Waals surface area (Å²) in [5.41, 5.74) is 9.67. The number of hydrogen-bond acceptors (Lipinski definition) is 3. The summed E-state index contributed by atoms with van der Waals surface area (Å²) >= 11 is 0. The van der Waals surface area contributed by atoms with Gasteiger partial charge in [0.2, 0.25) is 0 Å². The maximum atomic E-state index is 5.83. The maximum absolute atomic E-state index is 5.83. The van der Waals surface area contributed by atoms with Crippen molar-refractivity contribution in [3.63, 3.8) is 0 Å². The first-order valence-corrected chi connectivity index (χ1v) is 6.52. The molecule has 1 heterocycles. The molecule has 0 aromatic heterocycles. The average molecular weight is 232 g/mol. The van der Waals surface area contributed by atoms with Crippen LogP contribution in [0.3, 0.4) is 0 Å². The van der Waals surface area contributed by atoms with Crippen molar-refractivity contribution in [3.05, 3.63) is 29.3 Å². The minimum absolute atomic E-state index is 0.704. The molecule has 0 saturated carbocycles.